The molecule has 5 aliphatic carbocycles. The first-order valence-corrected chi connectivity index (χ1v) is 19.3. The van der Waals surface area contributed by atoms with Gasteiger partial charge >= 0.3 is 84.9 Å². The van der Waals surface area contributed by atoms with E-state index in [-0.39, 0.29) is 31.4 Å². The van der Waals surface area contributed by atoms with E-state index in [9.17, 15) is 4.39 Å². The molecule has 3 atom stereocenters. The number of alkyl halides is 1. The second-order valence-corrected chi connectivity index (χ2v) is 17.3. The summed E-state index contributed by atoms with van der Waals surface area (Å²) in [6.07, 6.45) is 8.61. The molecule has 0 aromatic heterocycles. The largest absolute Gasteiger partial charge is 0.0622 e. The van der Waals surface area contributed by atoms with Crippen LogP contribution in [0.2, 0.25) is 0 Å². The minimum Gasteiger partial charge on any atom is -0.0622 e. The molecule has 4 aromatic rings. The molecule has 4 bridgehead atoms. The molecule has 4 saturated carbocycles. The molecule has 1 nitrogen and oxygen atoms in total. The summed E-state index contributed by atoms with van der Waals surface area (Å²) in [7, 11) is 0. The van der Waals surface area contributed by atoms with Crippen LogP contribution in [0.15, 0.2) is 138 Å². The molecular formula is C43H49FGeHfN-2. The Morgan fingerprint density at radius 3 is 1.36 bits per heavy atom. The van der Waals surface area contributed by atoms with Gasteiger partial charge in [0.1, 0.15) is 5.67 Å². The summed E-state index contributed by atoms with van der Waals surface area (Å²) in [5.41, 5.74) is 13.6. The number of halogens is 1. The van der Waals surface area contributed by atoms with E-state index in [1.807, 2.05) is 12.1 Å². The van der Waals surface area contributed by atoms with Gasteiger partial charge in [-0.15, -0.1) is 12.5 Å². The van der Waals surface area contributed by atoms with Gasteiger partial charge < -0.3 is 5.73 Å². The van der Waals surface area contributed by atoms with E-state index in [1.54, 1.807) is 0 Å². The van der Waals surface area contributed by atoms with Gasteiger partial charge in [0.05, 0.1) is 0 Å². The zero-order chi connectivity index (χ0) is 32.6. The van der Waals surface area contributed by atoms with Crippen LogP contribution < -0.4 is 8.79 Å². The average molecular weight is 850 g/mol. The molecule has 0 spiro atoms. The van der Waals surface area contributed by atoms with Crippen molar-refractivity contribution < 1.29 is 30.2 Å². The number of hydrogen-bond donors (Lipinski definition) is 0. The molecule has 4 aromatic carbocycles. The zero-order valence-corrected chi connectivity index (χ0v) is 34.5. The van der Waals surface area contributed by atoms with E-state index in [4.69, 9.17) is 5.73 Å². The molecule has 0 heterocycles. The van der Waals surface area contributed by atoms with Gasteiger partial charge in [0.2, 0.25) is 0 Å². The van der Waals surface area contributed by atoms with Gasteiger partial charge in [-0.05, 0) is 48.6 Å². The van der Waals surface area contributed by atoms with Crippen LogP contribution in [0.25, 0.3) is 16.9 Å². The van der Waals surface area contributed by atoms with Crippen molar-refractivity contribution in [2.24, 2.45) is 17.8 Å². The Balaban J connectivity index is 0.000000142. The summed E-state index contributed by atoms with van der Waals surface area (Å²) in [5, 5.41) is 0. The maximum Gasteiger partial charge on any atom is -0.0184 e. The van der Waals surface area contributed by atoms with E-state index in [0.717, 1.165) is 25.7 Å². The minimum absolute atomic E-state index is 0. The van der Waals surface area contributed by atoms with Gasteiger partial charge in [-0.2, -0.15) is 11.1 Å². The normalized spacial score (nSPS) is 26.3. The fourth-order valence-corrected chi connectivity index (χ4v) is 10.4. The Bertz CT molecular complexity index is 1480. The fraction of sp³-hybridized carbons (Fsp3) is 0.349. The van der Waals surface area contributed by atoms with Crippen molar-refractivity contribution in [3.8, 4) is 11.1 Å². The van der Waals surface area contributed by atoms with Crippen LogP contribution in [-0.4, -0.2) is 26.6 Å². The van der Waals surface area contributed by atoms with Crippen molar-refractivity contribution >= 4 is 24.2 Å². The molecule has 0 aliphatic heterocycles. The van der Waals surface area contributed by atoms with Gasteiger partial charge in [-0.25, -0.2) is 9.96 Å². The van der Waals surface area contributed by atoms with Crippen molar-refractivity contribution in [1.82, 2.24) is 0 Å². The van der Waals surface area contributed by atoms with E-state index in [0.29, 0.717) is 24.2 Å². The molecule has 4 fully saturated rings. The maximum atomic E-state index is 14.0. The van der Waals surface area contributed by atoms with Crippen LogP contribution in [0.5, 0.6) is 0 Å². The van der Waals surface area contributed by atoms with Crippen LogP contribution >= 0.6 is 0 Å². The van der Waals surface area contributed by atoms with Crippen molar-refractivity contribution in [3.05, 3.63) is 150 Å². The Labute approximate surface area is 308 Å². The van der Waals surface area contributed by atoms with Crippen LogP contribution in [-0.2, 0) is 25.8 Å². The molecule has 1 N–H and O–H groups in total. The van der Waals surface area contributed by atoms with Crippen molar-refractivity contribution in [3.63, 3.8) is 0 Å². The topological polar surface area (TPSA) is 23.8 Å². The summed E-state index contributed by atoms with van der Waals surface area (Å²) >= 11 is -0.392. The zero-order valence-electron chi connectivity index (χ0n) is 28.5. The molecule has 0 saturated heterocycles. The predicted octanol–water partition coefficient (Wildman–Crippen LogP) is 10.2. The number of rotatable bonds is 3. The fourth-order valence-electron chi connectivity index (χ4n) is 7.86. The molecular weight excluding hydrogens is 801 g/mol. The Morgan fingerprint density at radius 2 is 1.06 bits per heavy atom. The predicted molar refractivity (Wildman–Crippen MR) is 197 cm³/mol. The molecule has 243 valence electrons. The van der Waals surface area contributed by atoms with Gasteiger partial charge in [-0.3, -0.25) is 6.08 Å². The van der Waals surface area contributed by atoms with Crippen LogP contribution in [0.1, 0.15) is 66.2 Å². The monoisotopic (exact) mass is 852 g/mol. The Hall–Kier alpha value is -2.34. The summed E-state index contributed by atoms with van der Waals surface area (Å²) in [4.78, 5) is 0. The third-order valence-corrected chi connectivity index (χ3v) is 13.1. The standard InChI is InChI=1S/C12H11Ge.C12H10.C10H15FN.C9H13.Hf/c1-3-7-11(8-4-1)13-12-9-5-2-6-10-12;1-3-7-11(8-4-1)12-9-5-2-6-10-12;11-9-2-7-1-8(3-9)5-10(12,4-7)6-9;1-6-5-7(2)9(4)8(6)3;/h1-10,13H;1-10H;7-8,12H,1-6H2;6H,1-4H3;/q;;2*-1;. The van der Waals surface area contributed by atoms with Crippen molar-refractivity contribution in [1.29, 1.82) is 0 Å². The molecule has 4 heteroatoms. The second-order valence-electron chi connectivity index (χ2n) is 13.9. The van der Waals surface area contributed by atoms with Gasteiger partial charge in [0.15, 0.2) is 0 Å². The van der Waals surface area contributed by atoms with E-state index >= 15 is 0 Å². The quantitative estimate of drug-likeness (QED) is 0.145. The number of hydrogen-bond acceptors (Lipinski definition) is 0. The van der Waals surface area contributed by atoms with Crippen LogP contribution in [0, 0.1) is 23.8 Å². The number of nitrogens with one attached hydrogen (secondary N) is 1. The number of benzene rings is 4. The van der Waals surface area contributed by atoms with E-state index in [1.165, 1.54) is 43.1 Å². The second kappa shape index (κ2) is 17.4. The summed E-state index contributed by atoms with van der Waals surface area (Å²) in [6, 6.07) is 42.3. The first kappa shape index (κ1) is 37.5. The molecule has 9 rings (SSSR count). The summed E-state index contributed by atoms with van der Waals surface area (Å²) in [5.74, 6) is 1.66. The Kier molecular flexibility index (Phi) is 13.8. The van der Waals surface area contributed by atoms with E-state index < -0.39 is 21.1 Å². The Morgan fingerprint density at radius 1 is 0.660 bits per heavy atom. The third-order valence-electron chi connectivity index (χ3n) is 10.0. The molecule has 3 unspecified atom stereocenters. The number of allylic oxidation sites excluding steroid dienone is 4. The average Bonchev–Trinajstić information content (AvgIpc) is 3.27. The summed E-state index contributed by atoms with van der Waals surface area (Å²) in [6.45, 7) is 8.67. The van der Waals surface area contributed by atoms with Crippen molar-refractivity contribution in [2.75, 3.05) is 0 Å². The van der Waals surface area contributed by atoms with Gasteiger partial charge in [0, 0.05) is 25.8 Å². The van der Waals surface area contributed by atoms with Gasteiger partial charge in [0.25, 0.3) is 0 Å². The van der Waals surface area contributed by atoms with Gasteiger partial charge in [-0.1, -0.05) is 100 Å². The molecule has 0 amide bonds. The molecule has 47 heavy (non-hydrogen) atoms. The first-order chi connectivity index (χ1) is 22.1. The van der Waals surface area contributed by atoms with Crippen LogP contribution in [0.4, 0.5) is 4.39 Å². The minimum atomic E-state index is -0.925. The first-order valence-electron chi connectivity index (χ1n) is 16.9. The SMILES string of the molecule is CC1=[C-]C(C)C(C)=C1C.[Hf].[NH-]C12CC3CC(C1)CC(F)(C3)C2.c1cc[c]([GeH][c]2ccccc2)cc1.c1ccc(-c2ccccc2)cc1. The molecule has 5 aliphatic rings. The smallest absolute Gasteiger partial charge is 0.0184 e. The maximum absolute atomic E-state index is 14.0. The van der Waals surface area contributed by atoms with Crippen LogP contribution in [0.3, 0.4) is 0 Å². The summed E-state index contributed by atoms with van der Waals surface area (Å²) < 4.78 is 17.1. The molecule has 1 radical (unpaired) electrons. The van der Waals surface area contributed by atoms with E-state index in [2.05, 4.69) is 143 Å². The van der Waals surface area contributed by atoms with Crippen molar-refractivity contribution in [2.45, 2.75) is 77.4 Å². The third kappa shape index (κ3) is 10.8.